The van der Waals surface area contributed by atoms with Crippen LogP contribution >= 0.6 is 11.8 Å². The van der Waals surface area contributed by atoms with Gasteiger partial charge in [0.1, 0.15) is 0 Å². The number of carbonyl (C=O) groups is 2. The van der Waals surface area contributed by atoms with Crippen LogP contribution < -0.4 is 16.0 Å². The molecule has 1 rings (SSSR count). The third kappa shape index (κ3) is 7.88. The fourth-order valence-corrected chi connectivity index (χ4v) is 2.68. The molecule has 0 saturated carbocycles. The number of carbonyl (C=O) groups excluding carboxylic acids is 2. The highest BCUT2D eigenvalue weighted by molar-refractivity contribution is 7.99. The van der Waals surface area contributed by atoms with E-state index in [0.29, 0.717) is 5.75 Å². The number of amides is 3. The molecule has 0 aliphatic heterocycles. The summed E-state index contributed by atoms with van der Waals surface area (Å²) in [6.45, 7) is 7.37. The second kappa shape index (κ2) is 9.18. The van der Waals surface area contributed by atoms with Crippen LogP contribution in [0.3, 0.4) is 0 Å². The Morgan fingerprint density at radius 1 is 1.29 bits per heavy atom. The van der Waals surface area contributed by atoms with Crippen molar-refractivity contribution in [3.8, 4) is 6.07 Å². The van der Waals surface area contributed by atoms with Crippen molar-refractivity contribution in [2.24, 2.45) is 5.92 Å². The second-order valence-electron chi connectivity index (χ2n) is 6.44. The lowest BCUT2D eigenvalue weighted by atomic mass is 10.1. The largest absolute Gasteiger partial charge is 0.375 e. The van der Waals surface area contributed by atoms with Gasteiger partial charge in [-0.3, -0.25) is 10.1 Å². The summed E-state index contributed by atoms with van der Waals surface area (Å²) in [5.41, 5.74) is 0.400. The molecule has 130 valence electrons. The first kappa shape index (κ1) is 19.8. The topological polar surface area (TPSA) is 94.0 Å². The summed E-state index contributed by atoms with van der Waals surface area (Å²) in [6, 6.07) is 9.25. The fourth-order valence-electron chi connectivity index (χ4n) is 1.71. The van der Waals surface area contributed by atoms with E-state index in [9.17, 15) is 9.59 Å². The number of para-hydroxylation sites is 1. The van der Waals surface area contributed by atoms with Crippen LogP contribution in [0.1, 0.15) is 27.7 Å². The predicted octanol–water partition coefficient (Wildman–Crippen LogP) is 2.97. The van der Waals surface area contributed by atoms with Crippen LogP contribution in [-0.4, -0.2) is 29.8 Å². The van der Waals surface area contributed by atoms with Gasteiger partial charge in [-0.05, 0) is 39.8 Å². The number of imide groups is 1. The van der Waals surface area contributed by atoms with Gasteiger partial charge in [0, 0.05) is 21.9 Å². The molecule has 7 heteroatoms. The van der Waals surface area contributed by atoms with Crippen molar-refractivity contribution in [1.82, 2.24) is 10.6 Å². The fraction of sp³-hybridized carbons (Fsp3) is 0.471. The van der Waals surface area contributed by atoms with E-state index in [1.54, 1.807) is 11.8 Å². The Morgan fingerprint density at radius 3 is 2.58 bits per heavy atom. The van der Waals surface area contributed by atoms with Gasteiger partial charge in [0.05, 0.1) is 18.5 Å². The van der Waals surface area contributed by atoms with Crippen molar-refractivity contribution >= 4 is 29.4 Å². The Morgan fingerprint density at radius 2 is 1.96 bits per heavy atom. The lowest BCUT2D eigenvalue weighted by Gasteiger charge is -2.20. The third-order valence-corrected chi connectivity index (χ3v) is 4.11. The molecule has 6 nitrogen and oxygen atoms in total. The summed E-state index contributed by atoms with van der Waals surface area (Å²) >= 11 is 1.56. The van der Waals surface area contributed by atoms with Gasteiger partial charge >= 0.3 is 6.03 Å². The quantitative estimate of drug-likeness (QED) is 0.687. The number of thioether (sulfide) groups is 1. The molecule has 0 saturated heterocycles. The minimum absolute atomic E-state index is 0.0110. The number of nitriles is 1. The van der Waals surface area contributed by atoms with Gasteiger partial charge in [-0.25, -0.2) is 4.79 Å². The average Bonchev–Trinajstić information content (AvgIpc) is 2.49. The van der Waals surface area contributed by atoms with Gasteiger partial charge in [-0.2, -0.15) is 5.26 Å². The Hall–Kier alpha value is -2.20. The average molecular weight is 348 g/mol. The molecule has 1 atom stereocenters. The molecule has 1 aromatic rings. The number of hydrogen-bond donors (Lipinski definition) is 3. The summed E-state index contributed by atoms with van der Waals surface area (Å²) < 4.78 is 0. The zero-order valence-electron chi connectivity index (χ0n) is 14.5. The van der Waals surface area contributed by atoms with E-state index in [4.69, 9.17) is 5.26 Å². The molecule has 24 heavy (non-hydrogen) atoms. The Bertz CT molecular complexity index is 620. The molecular weight excluding hydrogens is 324 g/mol. The summed E-state index contributed by atoms with van der Waals surface area (Å²) in [6.07, 6.45) is 0. The number of nitrogens with one attached hydrogen (secondary N) is 3. The Labute approximate surface area is 147 Å². The van der Waals surface area contributed by atoms with Crippen molar-refractivity contribution < 1.29 is 9.59 Å². The number of benzene rings is 1. The zero-order chi connectivity index (χ0) is 18.2. The highest BCUT2D eigenvalue weighted by Crippen LogP contribution is 2.28. The predicted molar refractivity (Wildman–Crippen MR) is 96.9 cm³/mol. The SMILES string of the molecule is C[C@H](C#N)CSc1ccccc1NCC(=O)NC(=O)NC(C)(C)C. The molecule has 3 N–H and O–H groups in total. The second-order valence-corrected chi connectivity index (χ2v) is 7.50. The third-order valence-electron chi connectivity index (χ3n) is 2.78. The van der Waals surface area contributed by atoms with Gasteiger partial charge in [-0.15, -0.1) is 11.8 Å². The van der Waals surface area contributed by atoms with E-state index < -0.39 is 17.5 Å². The van der Waals surface area contributed by atoms with E-state index in [1.165, 1.54) is 0 Å². The summed E-state index contributed by atoms with van der Waals surface area (Å²) in [4.78, 5) is 24.5. The first-order valence-corrected chi connectivity index (χ1v) is 8.67. The number of anilines is 1. The molecule has 1 aromatic carbocycles. The van der Waals surface area contributed by atoms with Crippen LogP contribution in [0.4, 0.5) is 10.5 Å². The van der Waals surface area contributed by atoms with Gasteiger partial charge in [0.2, 0.25) is 5.91 Å². The van der Waals surface area contributed by atoms with E-state index in [2.05, 4.69) is 22.0 Å². The number of hydrogen-bond acceptors (Lipinski definition) is 5. The molecule has 0 aliphatic carbocycles. The van der Waals surface area contributed by atoms with Crippen molar-refractivity contribution in [3.05, 3.63) is 24.3 Å². The number of rotatable bonds is 6. The molecule has 0 unspecified atom stereocenters. The van der Waals surface area contributed by atoms with Crippen molar-refractivity contribution in [3.63, 3.8) is 0 Å². The first-order valence-electron chi connectivity index (χ1n) is 7.68. The maximum absolute atomic E-state index is 11.9. The summed E-state index contributed by atoms with van der Waals surface area (Å²) in [7, 11) is 0. The Balaban J connectivity index is 2.54. The van der Waals surface area contributed by atoms with Gasteiger partial charge in [0.15, 0.2) is 0 Å². The molecule has 3 amide bonds. The number of urea groups is 1. The maximum atomic E-state index is 11.9. The van der Waals surface area contributed by atoms with Crippen LogP contribution in [0.25, 0.3) is 0 Å². The van der Waals surface area contributed by atoms with Crippen molar-refractivity contribution in [2.45, 2.75) is 38.1 Å². The molecule has 0 heterocycles. The van der Waals surface area contributed by atoms with Crippen LogP contribution in [0.2, 0.25) is 0 Å². The standard InChI is InChI=1S/C17H24N4O2S/c1-12(9-18)11-24-14-8-6-5-7-13(14)19-10-15(22)20-16(23)21-17(2,3)4/h5-8,12,19H,10-11H2,1-4H3,(H2,20,21,22,23)/t12-/m1/s1. The van der Waals surface area contributed by atoms with E-state index >= 15 is 0 Å². The van der Waals surface area contributed by atoms with E-state index in [0.717, 1.165) is 10.6 Å². The molecule has 0 spiro atoms. The lowest BCUT2D eigenvalue weighted by molar-refractivity contribution is -0.118. The van der Waals surface area contributed by atoms with Crippen LogP contribution in [0, 0.1) is 17.2 Å². The number of nitrogens with zero attached hydrogens (tertiary/aromatic N) is 1. The lowest BCUT2D eigenvalue weighted by Crippen LogP contribution is -2.49. The summed E-state index contributed by atoms with van der Waals surface area (Å²) in [5.74, 6) is 0.212. The first-order chi connectivity index (χ1) is 11.2. The van der Waals surface area contributed by atoms with Gasteiger partial charge in [0.25, 0.3) is 0 Å². The maximum Gasteiger partial charge on any atom is 0.321 e. The Kier molecular flexibility index (Phi) is 7.59. The molecule has 0 bridgehead atoms. The van der Waals surface area contributed by atoms with Crippen molar-refractivity contribution in [1.29, 1.82) is 5.26 Å². The van der Waals surface area contributed by atoms with Gasteiger partial charge in [-0.1, -0.05) is 12.1 Å². The molecular formula is C17H24N4O2S. The van der Waals surface area contributed by atoms with Crippen LogP contribution in [0.5, 0.6) is 0 Å². The monoisotopic (exact) mass is 348 g/mol. The van der Waals surface area contributed by atoms with E-state index in [1.807, 2.05) is 52.0 Å². The minimum atomic E-state index is -0.514. The summed E-state index contributed by atoms with van der Waals surface area (Å²) in [5, 5.41) is 16.8. The van der Waals surface area contributed by atoms with Crippen LogP contribution in [0.15, 0.2) is 29.2 Å². The molecule has 0 aliphatic rings. The molecule has 0 radical (unpaired) electrons. The van der Waals surface area contributed by atoms with E-state index in [-0.39, 0.29) is 12.5 Å². The normalized spacial score (nSPS) is 12.0. The minimum Gasteiger partial charge on any atom is -0.375 e. The molecule has 0 aromatic heterocycles. The molecule has 0 fully saturated rings. The smallest absolute Gasteiger partial charge is 0.321 e. The zero-order valence-corrected chi connectivity index (χ0v) is 15.3. The van der Waals surface area contributed by atoms with Gasteiger partial charge < -0.3 is 10.6 Å². The van der Waals surface area contributed by atoms with Crippen LogP contribution in [-0.2, 0) is 4.79 Å². The highest BCUT2D eigenvalue weighted by atomic mass is 32.2. The van der Waals surface area contributed by atoms with Crippen molar-refractivity contribution in [2.75, 3.05) is 17.6 Å². The highest BCUT2D eigenvalue weighted by Gasteiger charge is 2.15.